The molecular formula is C27H27ClN4O4S. The SMILES string of the molecule is CCS(=O)(=O)c1ncc(N(Cc2cccc(Cl)c2)Cc2ccco2)c(C(=O)Nc2c(C)cccc2C)n1. The summed E-state index contributed by atoms with van der Waals surface area (Å²) < 4.78 is 30.8. The second kappa shape index (κ2) is 11.1. The van der Waals surface area contributed by atoms with Gasteiger partial charge in [-0.15, -0.1) is 0 Å². The van der Waals surface area contributed by atoms with Gasteiger partial charge >= 0.3 is 0 Å². The van der Waals surface area contributed by atoms with Crippen molar-refractivity contribution in [3.63, 3.8) is 0 Å². The lowest BCUT2D eigenvalue weighted by Gasteiger charge is -2.26. The van der Waals surface area contributed by atoms with Crippen LogP contribution in [0.25, 0.3) is 0 Å². The minimum absolute atomic E-state index is 0.0572. The number of hydrogen-bond acceptors (Lipinski definition) is 7. The number of sulfone groups is 1. The molecule has 37 heavy (non-hydrogen) atoms. The van der Waals surface area contributed by atoms with Crippen molar-refractivity contribution in [2.24, 2.45) is 0 Å². The number of anilines is 2. The molecule has 0 bridgehead atoms. The highest BCUT2D eigenvalue weighted by molar-refractivity contribution is 7.91. The van der Waals surface area contributed by atoms with Gasteiger partial charge in [0.2, 0.25) is 15.0 Å². The van der Waals surface area contributed by atoms with Crippen LogP contribution in [0.15, 0.2) is 76.6 Å². The highest BCUT2D eigenvalue weighted by Gasteiger charge is 2.26. The van der Waals surface area contributed by atoms with Gasteiger partial charge in [0.15, 0.2) is 5.69 Å². The second-order valence-corrected chi connectivity index (χ2v) is 11.2. The number of hydrogen-bond donors (Lipinski definition) is 1. The topological polar surface area (TPSA) is 105 Å². The molecule has 10 heteroatoms. The van der Waals surface area contributed by atoms with Crippen molar-refractivity contribution < 1.29 is 17.6 Å². The number of rotatable bonds is 9. The third-order valence-corrected chi connectivity index (χ3v) is 7.62. The van der Waals surface area contributed by atoms with Crippen LogP contribution < -0.4 is 10.2 Å². The number of benzene rings is 2. The van der Waals surface area contributed by atoms with E-state index >= 15 is 0 Å². The Balaban J connectivity index is 1.83. The van der Waals surface area contributed by atoms with E-state index in [2.05, 4.69) is 15.3 Å². The molecule has 4 aromatic rings. The van der Waals surface area contributed by atoms with Gasteiger partial charge in [-0.3, -0.25) is 4.79 Å². The molecule has 0 saturated heterocycles. The third kappa shape index (κ3) is 6.18. The molecule has 0 aliphatic carbocycles. The zero-order valence-corrected chi connectivity index (χ0v) is 22.3. The van der Waals surface area contributed by atoms with Crippen molar-refractivity contribution in [1.29, 1.82) is 0 Å². The van der Waals surface area contributed by atoms with Crippen LogP contribution in [0.5, 0.6) is 0 Å². The Bertz CT molecular complexity index is 1500. The van der Waals surface area contributed by atoms with Gasteiger partial charge in [0.05, 0.1) is 30.4 Å². The summed E-state index contributed by atoms with van der Waals surface area (Å²) in [6.45, 7) is 5.91. The van der Waals surface area contributed by atoms with E-state index in [1.807, 2.05) is 61.2 Å². The molecule has 0 radical (unpaired) electrons. The fourth-order valence-corrected chi connectivity index (χ4v) is 4.81. The summed E-state index contributed by atoms with van der Waals surface area (Å²) in [7, 11) is -3.76. The zero-order valence-electron chi connectivity index (χ0n) is 20.7. The number of aromatic nitrogens is 2. The van der Waals surface area contributed by atoms with Crippen LogP contribution in [0.1, 0.15) is 39.9 Å². The Morgan fingerprint density at radius 2 is 1.78 bits per heavy atom. The largest absolute Gasteiger partial charge is 0.467 e. The molecule has 0 unspecified atom stereocenters. The van der Waals surface area contributed by atoms with Crippen LogP contribution in [0.3, 0.4) is 0 Å². The Kier molecular flexibility index (Phi) is 7.94. The number of amides is 1. The van der Waals surface area contributed by atoms with Gasteiger partial charge in [0.25, 0.3) is 5.91 Å². The number of para-hydroxylation sites is 1. The summed E-state index contributed by atoms with van der Waals surface area (Å²) in [6, 6.07) is 16.6. The zero-order chi connectivity index (χ0) is 26.6. The van der Waals surface area contributed by atoms with Gasteiger partial charge < -0.3 is 14.6 Å². The lowest BCUT2D eigenvalue weighted by atomic mass is 10.1. The monoisotopic (exact) mass is 538 g/mol. The minimum atomic E-state index is -3.76. The summed E-state index contributed by atoms with van der Waals surface area (Å²) in [5.74, 6) is -0.0885. The number of nitrogens with one attached hydrogen (secondary N) is 1. The van der Waals surface area contributed by atoms with Crippen LogP contribution in [-0.2, 0) is 22.9 Å². The number of halogens is 1. The molecule has 1 amide bonds. The third-order valence-electron chi connectivity index (χ3n) is 5.87. The first-order valence-corrected chi connectivity index (χ1v) is 13.7. The fourth-order valence-electron chi connectivity index (χ4n) is 3.89. The summed E-state index contributed by atoms with van der Waals surface area (Å²) >= 11 is 6.21. The molecule has 0 fully saturated rings. The van der Waals surface area contributed by atoms with Gasteiger partial charge in [-0.05, 0) is 54.8 Å². The first-order valence-electron chi connectivity index (χ1n) is 11.7. The van der Waals surface area contributed by atoms with Crippen molar-refractivity contribution >= 4 is 38.7 Å². The van der Waals surface area contributed by atoms with Crippen LogP contribution in [0, 0.1) is 13.8 Å². The molecule has 2 heterocycles. The lowest BCUT2D eigenvalue weighted by Crippen LogP contribution is -2.28. The molecular weight excluding hydrogens is 512 g/mol. The Morgan fingerprint density at radius 3 is 2.43 bits per heavy atom. The molecule has 0 saturated carbocycles. The van der Waals surface area contributed by atoms with Gasteiger partial charge in [-0.1, -0.05) is 48.9 Å². The van der Waals surface area contributed by atoms with Gasteiger partial charge in [-0.25, -0.2) is 18.4 Å². The Morgan fingerprint density at radius 1 is 1.05 bits per heavy atom. The van der Waals surface area contributed by atoms with Crippen LogP contribution in [-0.4, -0.2) is 30.0 Å². The van der Waals surface area contributed by atoms with Crippen molar-refractivity contribution in [3.8, 4) is 0 Å². The minimum Gasteiger partial charge on any atom is -0.467 e. The first kappa shape index (κ1) is 26.4. The van der Waals surface area contributed by atoms with Gasteiger partial charge in [0, 0.05) is 17.3 Å². The van der Waals surface area contributed by atoms with Gasteiger partial charge in [-0.2, -0.15) is 0 Å². The molecule has 192 valence electrons. The predicted molar refractivity (Wildman–Crippen MR) is 144 cm³/mol. The normalized spacial score (nSPS) is 11.4. The molecule has 2 aromatic carbocycles. The smallest absolute Gasteiger partial charge is 0.276 e. The van der Waals surface area contributed by atoms with E-state index in [1.165, 1.54) is 13.1 Å². The number of furan rings is 1. The molecule has 0 aliphatic heterocycles. The van der Waals surface area contributed by atoms with E-state index in [0.717, 1.165) is 16.7 Å². The molecule has 0 spiro atoms. The molecule has 2 aromatic heterocycles. The van der Waals surface area contributed by atoms with E-state index in [9.17, 15) is 13.2 Å². The fraction of sp³-hybridized carbons (Fsp3) is 0.222. The highest BCUT2D eigenvalue weighted by atomic mass is 35.5. The molecule has 8 nitrogen and oxygen atoms in total. The maximum atomic E-state index is 13.7. The van der Waals surface area contributed by atoms with Crippen molar-refractivity contribution in [2.45, 2.75) is 39.0 Å². The van der Waals surface area contributed by atoms with Crippen LogP contribution in [0.4, 0.5) is 11.4 Å². The quantitative estimate of drug-likeness (QED) is 0.277. The van der Waals surface area contributed by atoms with Crippen molar-refractivity contribution in [1.82, 2.24) is 9.97 Å². The van der Waals surface area contributed by atoms with E-state index in [-0.39, 0.29) is 18.0 Å². The number of aryl methyl sites for hydroxylation is 2. The number of carbonyl (C=O) groups excluding carboxylic acids is 1. The number of nitrogens with zero attached hydrogens (tertiary/aromatic N) is 3. The predicted octanol–water partition coefficient (Wildman–Crippen LogP) is 5.59. The number of carbonyl (C=O) groups is 1. The summed E-state index contributed by atoms with van der Waals surface area (Å²) in [5, 5.41) is 3.10. The molecule has 0 aliphatic rings. The first-order chi connectivity index (χ1) is 17.7. The maximum absolute atomic E-state index is 13.7. The van der Waals surface area contributed by atoms with Crippen molar-refractivity contribution in [3.05, 3.63) is 100 Å². The Labute approximate surface area is 221 Å². The Hall–Kier alpha value is -3.69. The standard InChI is InChI=1S/C27H27ClN4O4S/c1-4-37(34,35)27-29-15-23(25(31-27)26(33)30-24-18(2)8-5-9-19(24)3)32(17-22-12-7-13-36-22)16-20-10-6-11-21(28)14-20/h5-15H,4,16-17H2,1-3H3,(H,30,33). The summed E-state index contributed by atoms with van der Waals surface area (Å²) in [5.41, 5.74) is 3.57. The van der Waals surface area contributed by atoms with Crippen LogP contribution >= 0.6 is 11.6 Å². The summed E-state index contributed by atoms with van der Waals surface area (Å²) in [6.07, 6.45) is 2.94. The average Bonchev–Trinajstić information content (AvgIpc) is 3.39. The highest BCUT2D eigenvalue weighted by Crippen LogP contribution is 2.27. The van der Waals surface area contributed by atoms with E-state index in [4.69, 9.17) is 16.0 Å². The van der Waals surface area contributed by atoms with Gasteiger partial charge in [0.1, 0.15) is 5.76 Å². The summed E-state index contributed by atoms with van der Waals surface area (Å²) in [4.78, 5) is 23.9. The van der Waals surface area contributed by atoms with E-state index in [1.54, 1.807) is 18.4 Å². The van der Waals surface area contributed by atoms with E-state index in [0.29, 0.717) is 28.7 Å². The van der Waals surface area contributed by atoms with E-state index < -0.39 is 20.9 Å². The molecule has 4 rings (SSSR count). The van der Waals surface area contributed by atoms with Crippen LogP contribution in [0.2, 0.25) is 5.02 Å². The average molecular weight is 539 g/mol. The second-order valence-electron chi connectivity index (χ2n) is 8.58. The molecule has 0 atom stereocenters. The maximum Gasteiger partial charge on any atom is 0.276 e. The lowest BCUT2D eigenvalue weighted by molar-refractivity contribution is 0.102. The van der Waals surface area contributed by atoms with Crippen molar-refractivity contribution in [2.75, 3.05) is 16.0 Å². The molecule has 1 N–H and O–H groups in total.